The highest BCUT2D eigenvalue weighted by Gasteiger charge is 2.08. The normalized spacial score (nSPS) is 10.5. The molecule has 3 rings (SSSR count). The molecule has 2 aromatic heterocycles. The molecule has 7 nitrogen and oxygen atoms in total. The summed E-state index contributed by atoms with van der Waals surface area (Å²) in [6, 6.07) is 7.36. The number of anilines is 1. The Hall–Kier alpha value is -2.96. The van der Waals surface area contributed by atoms with Crippen LogP contribution in [0.2, 0.25) is 0 Å². The lowest BCUT2D eigenvalue weighted by molar-refractivity contribution is 0.102. The van der Waals surface area contributed by atoms with Crippen molar-refractivity contribution in [2.45, 2.75) is 13.5 Å². The van der Waals surface area contributed by atoms with Crippen LogP contribution in [-0.4, -0.2) is 30.7 Å². The second-order valence-electron chi connectivity index (χ2n) is 4.43. The van der Waals surface area contributed by atoms with Gasteiger partial charge in [0.2, 0.25) is 0 Å². The number of hydrogen-bond donors (Lipinski definition) is 1. The molecule has 2 heterocycles. The number of aryl methyl sites for hydroxylation is 1. The summed E-state index contributed by atoms with van der Waals surface area (Å²) in [5.41, 5.74) is 2.13. The van der Waals surface area contributed by atoms with E-state index in [0.29, 0.717) is 11.3 Å². The van der Waals surface area contributed by atoms with E-state index in [4.69, 9.17) is 0 Å². The van der Waals surface area contributed by atoms with Crippen molar-refractivity contribution in [3.8, 4) is 5.69 Å². The second-order valence-corrected chi connectivity index (χ2v) is 4.43. The number of carbonyl (C=O) groups excluding carboxylic acids is 1. The number of rotatable bonds is 4. The summed E-state index contributed by atoms with van der Waals surface area (Å²) in [4.78, 5) is 12.1. The van der Waals surface area contributed by atoms with Crippen LogP contribution in [0.15, 0.2) is 49.1 Å². The molecule has 0 atom stereocenters. The van der Waals surface area contributed by atoms with Crippen molar-refractivity contribution >= 4 is 11.6 Å². The molecule has 1 aromatic carbocycles. The van der Waals surface area contributed by atoms with Crippen molar-refractivity contribution in [3.05, 3.63) is 54.6 Å². The van der Waals surface area contributed by atoms with E-state index in [-0.39, 0.29) is 5.91 Å². The number of aromatic nitrogens is 5. The van der Waals surface area contributed by atoms with Gasteiger partial charge in [-0.05, 0) is 31.2 Å². The van der Waals surface area contributed by atoms with E-state index in [0.717, 1.165) is 12.2 Å². The molecule has 0 aliphatic rings. The van der Waals surface area contributed by atoms with Crippen molar-refractivity contribution < 1.29 is 4.79 Å². The van der Waals surface area contributed by atoms with Crippen LogP contribution >= 0.6 is 0 Å². The molecular weight excluding hydrogens is 268 g/mol. The summed E-state index contributed by atoms with van der Waals surface area (Å²) in [7, 11) is 0. The average molecular weight is 282 g/mol. The van der Waals surface area contributed by atoms with Gasteiger partial charge in [-0.25, -0.2) is 4.68 Å². The van der Waals surface area contributed by atoms with Crippen LogP contribution in [-0.2, 0) is 6.54 Å². The van der Waals surface area contributed by atoms with Crippen LogP contribution in [0.1, 0.15) is 17.3 Å². The monoisotopic (exact) mass is 282 g/mol. The first-order chi connectivity index (χ1) is 10.3. The molecule has 0 saturated carbocycles. The molecule has 21 heavy (non-hydrogen) atoms. The highest BCUT2D eigenvalue weighted by Crippen LogP contribution is 2.13. The minimum Gasteiger partial charge on any atom is -0.322 e. The largest absolute Gasteiger partial charge is 0.322 e. The SMILES string of the molecule is CCn1cc(C(=O)Nc2ccc(-n3ccnn3)cc2)cn1. The molecule has 0 spiro atoms. The van der Waals surface area contributed by atoms with Gasteiger partial charge in [-0.2, -0.15) is 5.10 Å². The fourth-order valence-corrected chi connectivity index (χ4v) is 1.90. The number of amides is 1. The number of carbonyl (C=O) groups is 1. The van der Waals surface area contributed by atoms with Gasteiger partial charge in [-0.1, -0.05) is 5.21 Å². The van der Waals surface area contributed by atoms with E-state index >= 15 is 0 Å². The lowest BCUT2D eigenvalue weighted by Crippen LogP contribution is -2.11. The standard InChI is InChI=1S/C14H14N6O/c1-2-19-10-11(9-16-19)14(21)17-12-3-5-13(6-4-12)20-8-7-15-18-20/h3-10H,2H2,1H3,(H,17,21). The van der Waals surface area contributed by atoms with Crippen LogP contribution in [0.25, 0.3) is 5.69 Å². The first-order valence-corrected chi connectivity index (χ1v) is 6.57. The molecule has 0 saturated heterocycles. The third-order valence-corrected chi connectivity index (χ3v) is 3.03. The zero-order valence-corrected chi connectivity index (χ0v) is 11.5. The Kier molecular flexibility index (Phi) is 3.46. The molecule has 1 N–H and O–H groups in total. The topological polar surface area (TPSA) is 77.6 Å². The highest BCUT2D eigenvalue weighted by atomic mass is 16.1. The fraction of sp³-hybridized carbons (Fsp3) is 0.143. The number of hydrogen-bond acceptors (Lipinski definition) is 4. The van der Waals surface area contributed by atoms with E-state index < -0.39 is 0 Å². The van der Waals surface area contributed by atoms with E-state index in [9.17, 15) is 4.79 Å². The Balaban J connectivity index is 1.71. The van der Waals surface area contributed by atoms with Crippen molar-refractivity contribution in [3.63, 3.8) is 0 Å². The average Bonchev–Trinajstić information content (AvgIpc) is 3.19. The first kappa shape index (κ1) is 13.0. The minimum atomic E-state index is -0.178. The van der Waals surface area contributed by atoms with Crippen molar-refractivity contribution in [1.82, 2.24) is 24.8 Å². The van der Waals surface area contributed by atoms with Gasteiger partial charge in [0.25, 0.3) is 5.91 Å². The molecule has 1 amide bonds. The second kappa shape index (κ2) is 5.58. The van der Waals surface area contributed by atoms with Gasteiger partial charge in [-0.3, -0.25) is 9.48 Å². The van der Waals surface area contributed by atoms with Gasteiger partial charge in [0.15, 0.2) is 0 Å². The summed E-state index contributed by atoms with van der Waals surface area (Å²) < 4.78 is 3.36. The van der Waals surface area contributed by atoms with Crippen molar-refractivity contribution in [2.75, 3.05) is 5.32 Å². The maximum atomic E-state index is 12.1. The van der Waals surface area contributed by atoms with Gasteiger partial charge in [0.1, 0.15) is 0 Å². The molecule has 0 aliphatic heterocycles. The van der Waals surface area contributed by atoms with Crippen LogP contribution in [0.5, 0.6) is 0 Å². The van der Waals surface area contributed by atoms with Gasteiger partial charge >= 0.3 is 0 Å². The number of benzene rings is 1. The maximum absolute atomic E-state index is 12.1. The summed E-state index contributed by atoms with van der Waals surface area (Å²) in [5.74, 6) is -0.178. The van der Waals surface area contributed by atoms with Gasteiger partial charge < -0.3 is 5.32 Å². The molecule has 0 aliphatic carbocycles. The molecule has 7 heteroatoms. The summed E-state index contributed by atoms with van der Waals surface area (Å²) in [6.45, 7) is 2.71. The van der Waals surface area contributed by atoms with Gasteiger partial charge in [0, 0.05) is 18.4 Å². The zero-order valence-electron chi connectivity index (χ0n) is 11.5. The minimum absolute atomic E-state index is 0.178. The number of nitrogens with one attached hydrogen (secondary N) is 1. The molecule has 0 unspecified atom stereocenters. The third kappa shape index (κ3) is 2.81. The van der Waals surface area contributed by atoms with Crippen LogP contribution in [0.3, 0.4) is 0 Å². The predicted molar refractivity (Wildman–Crippen MR) is 77.2 cm³/mol. The number of nitrogens with zero attached hydrogens (tertiary/aromatic N) is 5. The Morgan fingerprint density at radius 2 is 2.10 bits per heavy atom. The Morgan fingerprint density at radius 3 is 2.71 bits per heavy atom. The molecule has 0 fully saturated rings. The Morgan fingerprint density at radius 1 is 1.29 bits per heavy atom. The highest BCUT2D eigenvalue weighted by molar-refractivity contribution is 6.03. The summed E-state index contributed by atoms with van der Waals surface area (Å²) in [6.07, 6.45) is 6.65. The third-order valence-electron chi connectivity index (χ3n) is 3.03. The van der Waals surface area contributed by atoms with Crippen LogP contribution in [0.4, 0.5) is 5.69 Å². The lowest BCUT2D eigenvalue weighted by Gasteiger charge is -2.05. The Labute approximate surface area is 121 Å². The lowest BCUT2D eigenvalue weighted by atomic mass is 10.2. The van der Waals surface area contributed by atoms with Crippen LogP contribution < -0.4 is 5.32 Å². The maximum Gasteiger partial charge on any atom is 0.258 e. The van der Waals surface area contributed by atoms with Gasteiger partial charge in [0.05, 0.1) is 29.8 Å². The van der Waals surface area contributed by atoms with Crippen molar-refractivity contribution in [2.24, 2.45) is 0 Å². The van der Waals surface area contributed by atoms with Crippen LogP contribution in [0, 0.1) is 0 Å². The van der Waals surface area contributed by atoms with Crippen molar-refractivity contribution in [1.29, 1.82) is 0 Å². The van der Waals surface area contributed by atoms with E-state index in [1.165, 1.54) is 0 Å². The smallest absolute Gasteiger partial charge is 0.258 e. The molecule has 106 valence electrons. The molecule has 0 radical (unpaired) electrons. The fourth-order valence-electron chi connectivity index (χ4n) is 1.90. The van der Waals surface area contributed by atoms with E-state index in [1.54, 1.807) is 34.2 Å². The quantitative estimate of drug-likeness (QED) is 0.790. The Bertz CT molecular complexity index is 729. The molecular formula is C14H14N6O. The first-order valence-electron chi connectivity index (χ1n) is 6.57. The molecule has 0 bridgehead atoms. The summed E-state index contributed by atoms with van der Waals surface area (Å²) >= 11 is 0. The van der Waals surface area contributed by atoms with Gasteiger partial charge in [-0.15, -0.1) is 5.10 Å². The van der Waals surface area contributed by atoms with E-state index in [1.807, 2.05) is 31.2 Å². The predicted octanol–water partition coefficient (Wildman–Crippen LogP) is 1.74. The zero-order chi connectivity index (χ0) is 14.7. The molecule has 3 aromatic rings. The van der Waals surface area contributed by atoms with E-state index in [2.05, 4.69) is 20.7 Å². The summed E-state index contributed by atoms with van der Waals surface area (Å²) in [5, 5.41) is 14.6.